The van der Waals surface area contributed by atoms with Crippen molar-refractivity contribution in [3.05, 3.63) is 52.4 Å². The van der Waals surface area contributed by atoms with Crippen LogP contribution in [0.15, 0.2) is 45.5 Å². The van der Waals surface area contributed by atoms with Gasteiger partial charge in [0, 0.05) is 11.9 Å². The maximum Gasteiger partial charge on any atom is 0.176 e. The van der Waals surface area contributed by atoms with Gasteiger partial charge in [0.05, 0.1) is 13.7 Å². The lowest BCUT2D eigenvalue weighted by Crippen LogP contribution is -2.11. The SMILES string of the molecule is COc1cccc2cc(CNCc3ccsc3)oc12. The van der Waals surface area contributed by atoms with Crippen molar-refractivity contribution >= 4 is 22.3 Å². The van der Waals surface area contributed by atoms with Gasteiger partial charge in [0.25, 0.3) is 0 Å². The summed E-state index contributed by atoms with van der Waals surface area (Å²) in [6, 6.07) is 10.1. The molecule has 4 heteroatoms. The van der Waals surface area contributed by atoms with E-state index in [1.165, 1.54) is 5.56 Å². The van der Waals surface area contributed by atoms with Crippen LogP contribution in [0.25, 0.3) is 11.0 Å². The molecule has 0 aliphatic carbocycles. The third kappa shape index (κ3) is 2.64. The Kier molecular flexibility index (Phi) is 3.53. The second-order valence-corrected chi connectivity index (χ2v) is 5.11. The molecule has 0 amide bonds. The number of hydrogen-bond donors (Lipinski definition) is 1. The van der Waals surface area contributed by atoms with E-state index in [-0.39, 0.29) is 0 Å². The molecule has 98 valence electrons. The number of thiophene rings is 1. The molecule has 0 fully saturated rings. The Balaban J connectivity index is 1.71. The molecular formula is C15H15NO2S. The normalized spacial score (nSPS) is 11.0. The van der Waals surface area contributed by atoms with Gasteiger partial charge in [-0.05, 0) is 34.5 Å². The molecular weight excluding hydrogens is 258 g/mol. The number of rotatable bonds is 5. The number of para-hydroxylation sites is 1. The van der Waals surface area contributed by atoms with E-state index >= 15 is 0 Å². The van der Waals surface area contributed by atoms with E-state index in [2.05, 4.69) is 28.2 Å². The van der Waals surface area contributed by atoms with Crippen LogP contribution in [0.3, 0.4) is 0 Å². The Morgan fingerprint density at radius 3 is 3.00 bits per heavy atom. The minimum Gasteiger partial charge on any atom is -0.493 e. The maximum absolute atomic E-state index is 5.82. The molecule has 0 bridgehead atoms. The molecule has 19 heavy (non-hydrogen) atoms. The first-order valence-electron chi connectivity index (χ1n) is 6.14. The Labute approximate surface area is 115 Å². The van der Waals surface area contributed by atoms with Crippen LogP contribution in [0.2, 0.25) is 0 Å². The van der Waals surface area contributed by atoms with Gasteiger partial charge in [-0.3, -0.25) is 0 Å². The summed E-state index contributed by atoms with van der Waals surface area (Å²) >= 11 is 1.71. The molecule has 0 spiro atoms. The van der Waals surface area contributed by atoms with Gasteiger partial charge in [0.2, 0.25) is 0 Å². The summed E-state index contributed by atoms with van der Waals surface area (Å²) in [6.45, 7) is 1.57. The van der Waals surface area contributed by atoms with Crippen LogP contribution in [0, 0.1) is 0 Å². The fourth-order valence-corrected chi connectivity index (χ4v) is 2.73. The van der Waals surface area contributed by atoms with E-state index in [1.807, 2.05) is 18.2 Å². The van der Waals surface area contributed by atoms with E-state index < -0.39 is 0 Å². The van der Waals surface area contributed by atoms with Crippen LogP contribution in [-0.2, 0) is 13.1 Å². The van der Waals surface area contributed by atoms with Crippen molar-refractivity contribution in [1.29, 1.82) is 0 Å². The zero-order valence-electron chi connectivity index (χ0n) is 10.7. The molecule has 0 aliphatic rings. The largest absolute Gasteiger partial charge is 0.493 e. The predicted octanol–water partition coefficient (Wildman–Crippen LogP) is 3.79. The van der Waals surface area contributed by atoms with Crippen molar-refractivity contribution in [1.82, 2.24) is 5.32 Å². The summed E-state index contributed by atoms with van der Waals surface area (Å²) in [4.78, 5) is 0. The van der Waals surface area contributed by atoms with Gasteiger partial charge in [-0.25, -0.2) is 0 Å². The first-order chi connectivity index (χ1) is 9.36. The van der Waals surface area contributed by atoms with E-state index in [0.717, 1.165) is 29.0 Å². The van der Waals surface area contributed by atoms with Crippen molar-refractivity contribution in [2.24, 2.45) is 0 Å². The second kappa shape index (κ2) is 5.47. The van der Waals surface area contributed by atoms with E-state index in [1.54, 1.807) is 18.4 Å². The molecule has 2 aromatic heterocycles. The van der Waals surface area contributed by atoms with E-state index in [4.69, 9.17) is 9.15 Å². The van der Waals surface area contributed by atoms with Gasteiger partial charge in [0.1, 0.15) is 5.76 Å². The smallest absolute Gasteiger partial charge is 0.176 e. The molecule has 1 N–H and O–H groups in total. The Morgan fingerprint density at radius 1 is 1.26 bits per heavy atom. The molecule has 0 unspecified atom stereocenters. The highest BCUT2D eigenvalue weighted by Gasteiger charge is 2.08. The first-order valence-corrected chi connectivity index (χ1v) is 7.08. The molecule has 0 atom stereocenters. The van der Waals surface area contributed by atoms with E-state index in [9.17, 15) is 0 Å². The molecule has 0 saturated carbocycles. The van der Waals surface area contributed by atoms with Crippen molar-refractivity contribution < 1.29 is 9.15 Å². The van der Waals surface area contributed by atoms with Gasteiger partial charge >= 0.3 is 0 Å². The average Bonchev–Trinajstić information content (AvgIpc) is 3.06. The molecule has 1 aromatic carbocycles. The van der Waals surface area contributed by atoms with Crippen LogP contribution >= 0.6 is 11.3 Å². The van der Waals surface area contributed by atoms with Crippen molar-refractivity contribution in [3.63, 3.8) is 0 Å². The quantitative estimate of drug-likeness (QED) is 0.768. The third-order valence-electron chi connectivity index (χ3n) is 2.99. The summed E-state index contributed by atoms with van der Waals surface area (Å²) in [5.74, 6) is 1.70. The summed E-state index contributed by atoms with van der Waals surface area (Å²) in [7, 11) is 1.66. The van der Waals surface area contributed by atoms with Crippen LogP contribution < -0.4 is 10.1 Å². The molecule has 3 nitrogen and oxygen atoms in total. The number of fused-ring (bicyclic) bond motifs is 1. The Hall–Kier alpha value is -1.78. The van der Waals surface area contributed by atoms with Gasteiger partial charge in [-0.15, -0.1) is 0 Å². The van der Waals surface area contributed by atoms with E-state index in [0.29, 0.717) is 6.54 Å². The molecule has 2 heterocycles. The number of furan rings is 1. The molecule has 3 rings (SSSR count). The highest BCUT2D eigenvalue weighted by Crippen LogP contribution is 2.28. The Bertz CT molecular complexity index is 658. The topological polar surface area (TPSA) is 34.4 Å². The minimum atomic E-state index is 0.716. The number of hydrogen-bond acceptors (Lipinski definition) is 4. The molecule has 0 radical (unpaired) electrons. The van der Waals surface area contributed by atoms with Crippen LogP contribution in [0.1, 0.15) is 11.3 Å². The number of benzene rings is 1. The zero-order valence-corrected chi connectivity index (χ0v) is 11.5. The van der Waals surface area contributed by atoms with Crippen molar-refractivity contribution in [2.75, 3.05) is 7.11 Å². The molecule has 0 aliphatic heterocycles. The minimum absolute atomic E-state index is 0.716. The van der Waals surface area contributed by atoms with Gasteiger partial charge in [-0.2, -0.15) is 11.3 Å². The van der Waals surface area contributed by atoms with Gasteiger partial charge in [0.15, 0.2) is 11.3 Å². The van der Waals surface area contributed by atoms with Crippen molar-refractivity contribution in [3.8, 4) is 5.75 Å². The highest BCUT2D eigenvalue weighted by atomic mass is 32.1. The lowest BCUT2D eigenvalue weighted by Gasteiger charge is -2.00. The molecule has 3 aromatic rings. The number of ether oxygens (including phenoxy) is 1. The fraction of sp³-hybridized carbons (Fsp3) is 0.200. The zero-order chi connectivity index (χ0) is 13.1. The van der Waals surface area contributed by atoms with Gasteiger partial charge < -0.3 is 14.5 Å². The summed E-state index contributed by atoms with van der Waals surface area (Å²) < 4.78 is 11.1. The summed E-state index contributed by atoms with van der Waals surface area (Å²) in [6.07, 6.45) is 0. The summed E-state index contributed by atoms with van der Waals surface area (Å²) in [5, 5.41) is 8.68. The maximum atomic E-state index is 5.82. The molecule has 0 saturated heterocycles. The average molecular weight is 273 g/mol. The highest BCUT2D eigenvalue weighted by molar-refractivity contribution is 7.07. The number of methoxy groups -OCH3 is 1. The third-order valence-corrected chi connectivity index (χ3v) is 3.72. The van der Waals surface area contributed by atoms with Crippen LogP contribution in [-0.4, -0.2) is 7.11 Å². The van der Waals surface area contributed by atoms with Crippen molar-refractivity contribution in [2.45, 2.75) is 13.1 Å². The number of nitrogens with one attached hydrogen (secondary N) is 1. The predicted molar refractivity (Wildman–Crippen MR) is 77.6 cm³/mol. The van der Waals surface area contributed by atoms with Crippen LogP contribution in [0.5, 0.6) is 5.75 Å². The lowest BCUT2D eigenvalue weighted by molar-refractivity contribution is 0.406. The second-order valence-electron chi connectivity index (χ2n) is 4.33. The summed E-state index contributed by atoms with van der Waals surface area (Å²) in [5.41, 5.74) is 2.12. The lowest BCUT2D eigenvalue weighted by atomic mass is 10.2. The standard InChI is InChI=1S/C15H15NO2S/c1-17-14-4-2-3-12-7-13(18-15(12)14)9-16-8-11-5-6-19-10-11/h2-7,10,16H,8-9H2,1H3. The fourth-order valence-electron chi connectivity index (χ4n) is 2.06. The Morgan fingerprint density at radius 2 is 2.21 bits per heavy atom. The van der Waals surface area contributed by atoms with Gasteiger partial charge in [-0.1, -0.05) is 12.1 Å². The first kappa shape index (κ1) is 12.3. The monoisotopic (exact) mass is 273 g/mol. The van der Waals surface area contributed by atoms with Crippen LogP contribution in [0.4, 0.5) is 0 Å².